The highest BCUT2D eigenvalue weighted by atomic mass is 19.4. The summed E-state index contributed by atoms with van der Waals surface area (Å²) in [5.41, 5.74) is -1.68. The van der Waals surface area contributed by atoms with Gasteiger partial charge in [0.2, 0.25) is 0 Å². The Kier molecular flexibility index (Phi) is 4.68. The van der Waals surface area contributed by atoms with E-state index in [1.54, 1.807) is 12.1 Å². The van der Waals surface area contributed by atoms with Gasteiger partial charge in [-0.2, -0.15) is 18.4 Å². The molecule has 1 atom stereocenters. The summed E-state index contributed by atoms with van der Waals surface area (Å²) < 4.78 is 54.8. The summed E-state index contributed by atoms with van der Waals surface area (Å²) in [6, 6.07) is 5.97. The topological polar surface area (TPSA) is 80.7 Å². The number of nitrogens with zero attached hydrogens (tertiary/aromatic N) is 4. The predicted molar refractivity (Wildman–Crippen MR) is 98.7 cm³/mol. The van der Waals surface area contributed by atoms with Crippen molar-refractivity contribution in [1.29, 1.82) is 5.26 Å². The van der Waals surface area contributed by atoms with Crippen molar-refractivity contribution in [1.82, 2.24) is 14.1 Å². The lowest BCUT2D eigenvalue weighted by molar-refractivity contribution is -0.143. The van der Waals surface area contributed by atoms with Crippen molar-refractivity contribution in [2.75, 3.05) is 0 Å². The van der Waals surface area contributed by atoms with Crippen LogP contribution in [0.5, 0.6) is 0 Å². The molecule has 0 bridgehead atoms. The molecule has 30 heavy (non-hydrogen) atoms. The van der Waals surface area contributed by atoms with Gasteiger partial charge >= 0.3 is 11.9 Å². The molecule has 0 spiro atoms. The lowest BCUT2D eigenvalue weighted by Crippen LogP contribution is -2.41. The molecule has 4 rings (SSSR count). The fourth-order valence-corrected chi connectivity index (χ4v) is 4.08. The summed E-state index contributed by atoms with van der Waals surface area (Å²) in [5.74, 6) is -1.59. The lowest BCUT2D eigenvalue weighted by atomic mass is 10.0. The number of pyridine rings is 1. The lowest BCUT2D eigenvalue weighted by Gasteiger charge is -2.15. The summed E-state index contributed by atoms with van der Waals surface area (Å²) in [5, 5.41) is 9.46. The third-order valence-corrected chi connectivity index (χ3v) is 5.23. The van der Waals surface area contributed by atoms with E-state index in [0.717, 1.165) is 16.8 Å². The van der Waals surface area contributed by atoms with Gasteiger partial charge in [-0.15, -0.1) is 0 Å². The van der Waals surface area contributed by atoms with E-state index >= 15 is 0 Å². The predicted octanol–water partition coefficient (Wildman–Crippen LogP) is 2.88. The van der Waals surface area contributed by atoms with E-state index in [2.05, 4.69) is 4.98 Å². The fraction of sp³-hybridized carbons (Fsp3) is 0.300. The quantitative estimate of drug-likeness (QED) is 0.613. The molecule has 1 aliphatic rings. The van der Waals surface area contributed by atoms with Crippen molar-refractivity contribution in [2.45, 2.75) is 32.0 Å². The Bertz CT molecular complexity index is 1310. The molecule has 1 aliphatic carbocycles. The highest BCUT2D eigenvalue weighted by molar-refractivity contribution is 5.89. The zero-order valence-electron chi connectivity index (χ0n) is 15.4. The van der Waals surface area contributed by atoms with Crippen molar-refractivity contribution in [3.63, 3.8) is 0 Å². The maximum absolute atomic E-state index is 14.5. The van der Waals surface area contributed by atoms with Gasteiger partial charge < -0.3 is 0 Å². The molecule has 0 fully saturated rings. The zero-order chi connectivity index (χ0) is 21.6. The maximum atomic E-state index is 14.5. The summed E-state index contributed by atoms with van der Waals surface area (Å²) in [7, 11) is 0. The summed E-state index contributed by atoms with van der Waals surface area (Å²) in [4.78, 5) is 30.2. The standard InChI is InChI=1S/C20H14F4N4O2/c21-14-3-1-2-12-9-26-10-16(17(12)14)28-18(29)13-6-11(8-20(22,23)24)7-15(13)27(5-4-25)19(28)30/h1-3,9-11H,5-8H2/t11-/m1/s1. The summed E-state index contributed by atoms with van der Waals surface area (Å²) >= 11 is 0. The Labute approximate surface area is 166 Å². The number of aromatic nitrogens is 3. The van der Waals surface area contributed by atoms with Gasteiger partial charge in [0, 0.05) is 34.6 Å². The molecule has 2 aromatic heterocycles. The van der Waals surface area contributed by atoms with Crippen LogP contribution in [0.3, 0.4) is 0 Å². The van der Waals surface area contributed by atoms with Crippen LogP contribution in [0, 0.1) is 23.1 Å². The Hall–Kier alpha value is -3.48. The fourth-order valence-electron chi connectivity index (χ4n) is 4.08. The minimum absolute atomic E-state index is 0.0139. The van der Waals surface area contributed by atoms with Gasteiger partial charge in [0.05, 0.1) is 18.0 Å². The molecule has 0 saturated heterocycles. The zero-order valence-corrected chi connectivity index (χ0v) is 15.4. The number of hydrogen-bond donors (Lipinski definition) is 0. The Morgan fingerprint density at radius 2 is 1.97 bits per heavy atom. The van der Waals surface area contributed by atoms with Gasteiger partial charge in [-0.1, -0.05) is 12.1 Å². The van der Waals surface area contributed by atoms with Crippen LogP contribution in [-0.4, -0.2) is 20.3 Å². The van der Waals surface area contributed by atoms with E-state index < -0.39 is 42.1 Å². The van der Waals surface area contributed by atoms with Crippen LogP contribution in [0.1, 0.15) is 17.7 Å². The first kappa shape index (κ1) is 19.8. The normalized spacial score (nSPS) is 15.9. The molecule has 0 radical (unpaired) electrons. The highest BCUT2D eigenvalue weighted by Gasteiger charge is 2.38. The summed E-state index contributed by atoms with van der Waals surface area (Å²) in [6.45, 7) is -0.444. The number of alkyl halides is 3. The van der Waals surface area contributed by atoms with Gasteiger partial charge in [0.1, 0.15) is 12.4 Å². The average molecular weight is 418 g/mol. The number of benzene rings is 1. The molecular weight excluding hydrogens is 404 g/mol. The van der Waals surface area contributed by atoms with Crippen molar-refractivity contribution >= 4 is 10.8 Å². The first-order valence-corrected chi connectivity index (χ1v) is 9.05. The highest BCUT2D eigenvalue weighted by Crippen LogP contribution is 2.33. The van der Waals surface area contributed by atoms with Crippen LogP contribution in [0.25, 0.3) is 16.5 Å². The van der Waals surface area contributed by atoms with Gasteiger partial charge in [0.15, 0.2) is 0 Å². The molecule has 0 saturated carbocycles. The Morgan fingerprint density at radius 3 is 2.67 bits per heavy atom. The molecular formula is C20H14F4N4O2. The average Bonchev–Trinajstić information content (AvgIpc) is 3.07. The second kappa shape index (κ2) is 7.09. The first-order valence-electron chi connectivity index (χ1n) is 9.05. The number of fused-ring (bicyclic) bond motifs is 2. The molecule has 2 heterocycles. The number of rotatable bonds is 3. The van der Waals surface area contributed by atoms with Crippen molar-refractivity contribution in [2.24, 2.45) is 5.92 Å². The summed E-state index contributed by atoms with van der Waals surface area (Å²) in [6.07, 6.45) is -3.32. The second-order valence-electron chi connectivity index (χ2n) is 7.18. The third-order valence-electron chi connectivity index (χ3n) is 5.23. The largest absolute Gasteiger partial charge is 0.389 e. The van der Waals surface area contributed by atoms with Crippen LogP contribution < -0.4 is 11.2 Å². The van der Waals surface area contributed by atoms with Crippen LogP contribution in [0.15, 0.2) is 40.2 Å². The number of hydrogen-bond acceptors (Lipinski definition) is 4. The smallest absolute Gasteiger partial charge is 0.283 e. The van der Waals surface area contributed by atoms with E-state index in [4.69, 9.17) is 5.26 Å². The monoisotopic (exact) mass is 418 g/mol. The molecule has 0 unspecified atom stereocenters. The molecule has 0 aliphatic heterocycles. The second-order valence-corrected chi connectivity index (χ2v) is 7.18. The van der Waals surface area contributed by atoms with E-state index in [1.165, 1.54) is 12.3 Å². The first-order chi connectivity index (χ1) is 14.2. The molecule has 154 valence electrons. The maximum Gasteiger partial charge on any atom is 0.389 e. The van der Waals surface area contributed by atoms with Crippen LogP contribution in [-0.2, 0) is 19.4 Å². The van der Waals surface area contributed by atoms with Crippen LogP contribution >= 0.6 is 0 Å². The molecule has 1 aromatic carbocycles. The molecule has 0 amide bonds. The van der Waals surface area contributed by atoms with E-state index in [1.807, 2.05) is 0 Å². The van der Waals surface area contributed by atoms with Crippen molar-refractivity contribution < 1.29 is 17.6 Å². The molecule has 0 N–H and O–H groups in total. The Balaban J connectivity index is 1.99. The minimum Gasteiger partial charge on any atom is -0.283 e. The number of nitriles is 1. The van der Waals surface area contributed by atoms with Gasteiger partial charge in [-0.3, -0.25) is 14.3 Å². The Morgan fingerprint density at radius 1 is 1.20 bits per heavy atom. The van der Waals surface area contributed by atoms with E-state index in [9.17, 15) is 27.2 Å². The molecule has 3 aromatic rings. The van der Waals surface area contributed by atoms with Gasteiger partial charge in [-0.25, -0.2) is 13.8 Å². The SMILES string of the molecule is N#CCn1c2c(c(=O)n(-c3cncc4cccc(F)c34)c1=O)C[C@@H](CC(F)(F)F)C2. The van der Waals surface area contributed by atoms with E-state index in [-0.39, 0.29) is 35.2 Å². The minimum atomic E-state index is -4.42. The van der Waals surface area contributed by atoms with E-state index in [0.29, 0.717) is 9.95 Å². The number of halogens is 4. The van der Waals surface area contributed by atoms with Crippen LogP contribution in [0.2, 0.25) is 0 Å². The van der Waals surface area contributed by atoms with Crippen LogP contribution in [0.4, 0.5) is 17.6 Å². The van der Waals surface area contributed by atoms with Gasteiger partial charge in [0.25, 0.3) is 5.56 Å². The molecule has 6 nitrogen and oxygen atoms in total. The third kappa shape index (κ3) is 3.26. The molecule has 10 heteroatoms. The van der Waals surface area contributed by atoms with Crippen molar-refractivity contribution in [3.05, 3.63) is 68.5 Å². The van der Waals surface area contributed by atoms with Crippen molar-refractivity contribution in [3.8, 4) is 11.8 Å². The van der Waals surface area contributed by atoms with Gasteiger partial charge in [-0.05, 0) is 24.8 Å².